The molecule has 16 heavy (non-hydrogen) atoms. The van der Waals surface area contributed by atoms with Crippen molar-refractivity contribution in [2.24, 2.45) is 11.8 Å². The van der Waals surface area contributed by atoms with Crippen LogP contribution in [0.5, 0.6) is 0 Å². The molecule has 0 radical (unpaired) electrons. The lowest BCUT2D eigenvalue weighted by Crippen LogP contribution is -2.48. The van der Waals surface area contributed by atoms with Crippen LogP contribution in [-0.2, 0) is 4.79 Å². The minimum Gasteiger partial charge on any atom is -0.336 e. The van der Waals surface area contributed by atoms with Crippen molar-refractivity contribution in [3.05, 3.63) is 0 Å². The largest absolute Gasteiger partial charge is 0.336 e. The van der Waals surface area contributed by atoms with E-state index in [1.54, 1.807) is 0 Å². The van der Waals surface area contributed by atoms with Gasteiger partial charge in [-0.05, 0) is 44.4 Å². The van der Waals surface area contributed by atoms with Gasteiger partial charge < -0.3 is 4.90 Å². The molecular weight excluding hydrogens is 198 g/mol. The second-order valence-corrected chi connectivity index (χ2v) is 6.19. The molecule has 2 heteroatoms. The van der Waals surface area contributed by atoms with E-state index in [1.807, 2.05) is 0 Å². The Hall–Kier alpha value is -0.530. The van der Waals surface area contributed by atoms with Gasteiger partial charge in [0, 0.05) is 18.0 Å². The van der Waals surface area contributed by atoms with Crippen LogP contribution in [0.2, 0.25) is 0 Å². The van der Waals surface area contributed by atoms with Gasteiger partial charge in [0.2, 0.25) is 5.91 Å². The summed E-state index contributed by atoms with van der Waals surface area (Å²) in [6, 6.07) is 1.20. The molecule has 3 fully saturated rings. The summed E-state index contributed by atoms with van der Waals surface area (Å²) in [5.41, 5.74) is 0. The molecule has 0 aromatic carbocycles. The van der Waals surface area contributed by atoms with Gasteiger partial charge in [0.15, 0.2) is 0 Å². The highest BCUT2D eigenvalue weighted by Gasteiger charge is 2.43. The molecule has 2 saturated heterocycles. The van der Waals surface area contributed by atoms with Crippen LogP contribution >= 0.6 is 0 Å². The third-order valence-corrected chi connectivity index (χ3v) is 4.93. The average Bonchev–Trinajstić information content (AvgIpc) is 2.85. The van der Waals surface area contributed by atoms with Crippen molar-refractivity contribution in [3.8, 4) is 0 Å². The van der Waals surface area contributed by atoms with E-state index in [1.165, 1.54) is 38.5 Å². The van der Waals surface area contributed by atoms with Crippen LogP contribution in [0.3, 0.4) is 0 Å². The summed E-state index contributed by atoms with van der Waals surface area (Å²) in [7, 11) is 0. The van der Waals surface area contributed by atoms with Crippen molar-refractivity contribution >= 4 is 5.91 Å². The molecule has 0 N–H and O–H groups in total. The molecule has 2 nitrogen and oxygen atoms in total. The number of rotatable bonds is 1. The molecule has 3 rings (SSSR count). The lowest BCUT2D eigenvalue weighted by Gasteiger charge is -2.39. The lowest BCUT2D eigenvalue weighted by atomic mass is 9.91. The number of carbonyl (C=O) groups excluding carboxylic acids is 1. The monoisotopic (exact) mass is 221 g/mol. The second-order valence-electron chi connectivity index (χ2n) is 6.19. The van der Waals surface area contributed by atoms with E-state index >= 15 is 0 Å². The highest BCUT2D eigenvalue weighted by atomic mass is 16.2. The van der Waals surface area contributed by atoms with Crippen LogP contribution in [0.1, 0.15) is 58.3 Å². The van der Waals surface area contributed by atoms with Crippen LogP contribution < -0.4 is 0 Å². The molecule has 2 atom stereocenters. The number of hydrogen-bond donors (Lipinski definition) is 0. The molecule has 0 aromatic heterocycles. The van der Waals surface area contributed by atoms with Crippen molar-refractivity contribution in [2.45, 2.75) is 70.4 Å². The first-order valence-electron chi connectivity index (χ1n) is 7.08. The molecule has 2 unspecified atom stereocenters. The Morgan fingerprint density at radius 3 is 2.12 bits per heavy atom. The minimum absolute atomic E-state index is 0.386. The Balaban J connectivity index is 1.72. The molecule has 2 aliphatic heterocycles. The minimum atomic E-state index is 0.386. The van der Waals surface area contributed by atoms with Crippen LogP contribution in [0, 0.1) is 11.8 Å². The summed E-state index contributed by atoms with van der Waals surface area (Å²) in [6.45, 7) is 2.35. The average molecular weight is 221 g/mol. The normalized spacial score (nSPS) is 39.3. The van der Waals surface area contributed by atoms with E-state index in [9.17, 15) is 4.79 Å². The van der Waals surface area contributed by atoms with Crippen LogP contribution in [0.25, 0.3) is 0 Å². The number of nitrogens with zero attached hydrogens (tertiary/aromatic N) is 1. The molecule has 0 spiro atoms. The van der Waals surface area contributed by atoms with Gasteiger partial charge in [0.05, 0.1) is 0 Å². The fourth-order valence-electron chi connectivity index (χ4n) is 4.19. The molecule has 1 saturated carbocycles. The highest BCUT2D eigenvalue weighted by Crippen LogP contribution is 2.40. The predicted molar refractivity (Wildman–Crippen MR) is 64.0 cm³/mol. The van der Waals surface area contributed by atoms with Gasteiger partial charge in [-0.25, -0.2) is 0 Å². The first-order chi connectivity index (χ1) is 7.75. The summed E-state index contributed by atoms with van der Waals surface area (Å²) >= 11 is 0. The van der Waals surface area contributed by atoms with E-state index in [-0.39, 0.29) is 0 Å². The third kappa shape index (κ3) is 1.66. The maximum absolute atomic E-state index is 12.5. The van der Waals surface area contributed by atoms with E-state index < -0.39 is 0 Å². The number of piperidine rings is 1. The standard InChI is InChI=1S/C14H23NO/c1-10-8-12-6-7-13(9-10)15(12)14(16)11-4-2-3-5-11/h10-13H,2-9H2,1H3. The highest BCUT2D eigenvalue weighted by molar-refractivity contribution is 5.80. The molecule has 1 amide bonds. The molecule has 90 valence electrons. The van der Waals surface area contributed by atoms with Gasteiger partial charge in [-0.15, -0.1) is 0 Å². The summed E-state index contributed by atoms with van der Waals surface area (Å²) in [4.78, 5) is 14.8. The molecule has 3 aliphatic rings. The maximum Gasteiger partial charge on any atom is 0.226 e. The van der Waals surface area contributed by atoms with Gasteiger partial charge in [-0.3, -0.25) is 4.79 Å². The Morgan fingerprint density at radius 2 is 1.56 bits per heavy atom. The third-order valence-electron chi connectivity index (χ3n) is 4.93. The van der Waals surface area contributed by atoms with Crippen molar-refractivity contribution < 1.29 is 4.79 Å². The van der Waals surface area contributed by atoms with Gasteiger partial charge >= 0.3 is 0 Å². The SMILES string of the molecule is CC1CC2CCC(C1)N2C(=O)C1CCCC1. The Labute approximate surface area is 98.4 Å². The van der Waals surface area contributed by atoms with E-state index in [4.69, 9.17) is 0 Å². The Morgan fingerprint density at radius 1 is 1.00 bits per heavy atom. The number of amides is 1. The molecule has 2 heterocycles. The summed E-state index contributed by atoms with van der Waals surface area (Å²) in [5, 5.41) is 0. The Kier molecular flexibility index (Phi) is 2.68. The van der Waals surface area contributed by atoms with Gasteiger partial charge in [0.25, 0.3) is 0 Å². The fourth-order valence-corrected chi connectivity index (χ4v) is 4.19. The van der Waals surface area contributed by atoms with E-state index in [0.717, 1.165) is 18.8 Å². The Bertz CT molecular complexity index is 268. The first-order valence-corrected chi connectivity index (χ1v) is 7.08. The smallest absolute Gasteiger partial charge is 0.226 e. The second kappa shape index (κ2) is 4.05. The lowest BCUT2D eigenvalue weighted by molar-refractivity contribution is -0.140. The zero-order chi connectivity index (χ0) is 11.1. The number of fused-ring (bicyclic) bond motifs is 2. The molecule has 1 aliphatic carbocycles. The van der Waals surface area contributed by atoms with Crippen molar-refractivity contribution in [1.82, 2.24) is 4.90 Å². The first kappa shape index (κ1) is 10.6. The van der Waals surface area contributed by atoms with E-state index in [2.05, 4.69) is 11.8 Å². The van der Waals surface area contributed by atoms with Crippen molar-refractivity contribution in [1.29, 1.82) is 0 Å². The quantitative estimate of drug-likeness (QED) is 0.666. The maximum atomic E-state index is 12.5. The summed E-state index contributed by atoms with van der Waals surface area (Å²) < 4.78 is 0. The predicted octanol–water partition coefficient (Wildman–Crippen LogP) is 2.97. The van der Waals surface area contributed by atoms with Crippen molar-refractivity contribution in [3.63, 3.8) is 0 Å². The fraction of sp³-hybridized carbons (Fsp3) is 0.929. The van der Waals surface area contributed by atoms with Gasteiger partial charge in [-0.1, -0.05) is 19.8 Å². The van der Waals surface area contributed by atoms with Crippen LogP contribution in [-0.4, -0.2) is 22.9 Å². The summed E-state index contributed by atoms with van der Waals surface area (Å²) in [6.07, 6.45) is 9.92. The zero-order valence-corrected chi connectivity index (χ0v) is 10.3. The molecule has 0 aromatic rings. The van der Waals surface area contributed by atoms with E-state index in [0.29, 0.717) is 23.9 Å². The van der Waals surface area contributed by atoms with Crippen molar-refractivity contribution in [2.75, 3.05) is 0 Å². The number of carbonyl (C=O) groups is 1. The van der Waals surface area contributed by atoms with Gasteiger partial charge in [0.1, 0.15) is 0 Å². The molecular formula is C14H23NO. The van der Waals surface area contributed by atoms with Gasteiger partial charge in [-0.2, -0.15) is 0 Å². The number of hydrogen-bond acceptors (Lipinski definition) is 1. The summed E-state index contributed by atoms with van der Waals surface area (Å²) in [5.74, 6) is 1.73. The topological polar surface area (TPSA) is 20.3 Å². The zero-order valence-electron chi connectivity index (χ0n) is 10.3. The van der Waals surface area contributed by atoms with Crippen LogP contribution in [0.4, 0.5) is 0 Å². The van der Waals surface area contributed by atoms with Crippen LogP contribution in [0.15, 0.2) is 0 Å². The molecule has 2 bridgehead atoms.